The SMILES string of the molecule is CN1CCN(Cc2ccc(OC=O)cc2)CC1. The van der Waals surface area contributed by atoms with E-state index in [4.69, 9.17) is 4.74 Å². The summed E-state index contributed by atoms with van der Waals surface area (Å²) in [6, 6.07) is 7.69. The topological polar surface area (TPSA) is 32.8 Å². The Labute approximate surface area is 102 Å². The lowest BCUT2D eigenvalue weighted by molar-refractivity contribution is -0.120. The second-order valence-electron chi connectivity index (χ2n) is 4.44. The molecule has 1 aromatic carbocycles. The zero-order chi connectivity index (χ0) is 12.1. The Hall–Kier alpha value is -1.39. The van der Waals surface area contributed by atoms with Crippen molar-refractivity contribution in [1.82, 2.24) is 9.80 Å². The van der Waals surface area contributed by atoms with Gasteiger partial charge in [0.05, 0.1) is 0 Å². The van der Waals surface area contributed by atoms with E-state index in [1.165, 1.54) is 5.56 Å². The van der Waals surface area contributed by atoms with E-state index in [0.717, 1.165) is 32.7 Å². The Morgan fingerprint density at radius 2 is 1.82 bits per heavy atom. The summed E-state index contributed by atoms with van der Waals surface area (Å²) in [5.74, 6) is 0.599. The number of benzene rings is 1. The van der Waals surface area contributed by atoms with E-state index in [0.29, 0.717) is 12.2 Å². The molecular formula is C13H18N2O2. The van der Waals surface area contributed by atoms with Gasteiger partial charge in [0.2, 0.25) is 0 Å². The molecule has 0 saturated carbocycles. The Kier molecular flexibility index (Phi) is 4.12. The molecule has 1 heterocycles. The molecule has 1 saturated heterocycles. The number of hydrogen-bond donors (Lipinski definition) is 0. The van der Waals surface area contributed by atoms with Crippen molar-refractivity contribution in [3.63, 3.8) is 0 Å². The summed E-state index contributed by atoms with van der Waals surface area (Å²) in [6.07, 6.45) is 0. The molecule has 4 heteroatoms. The lowest BCUT2D eigenvalue weighted by Crippen LogP contribution is -2.43. The second-order valence-corrected chi connectivity index (χ2v) is 4.44. The number of ether oxygens (including phenoxy) is 1. The molecular weight excluding hydrogens is 216 g/mol. The van der Waals surface area contributed by atoms with E-state index >= 15 is 0 Å². The van der Waals surface area contributed by atoms with Gasteiger partial charge in [0.1, 0.15) is 5.75 Å². The van der Waals surface area contributed by atoms with E-state index in [1.54, 1.807) is 0 Å². The second kappa shape index (κ2) is 5.80. The molecule has 92 valence electrons. The Balaban J connectivity index is 1.88. The van der Waals surface area contributed by atoms with E-state index in [9.17, 15) is 4.79 Å². The van der Waals surface area contributed by atoms with Crippen molar-refractivity contribution < 1.29 is 9.53 Å². The molecule has 2 rings (SSSR count). The van der Waals surface area contributed by atoms with Crippen molar-refractivity contribution in [2.75, 3.05) is 33.2 Å². The average molecular weight is 234 g/mol. The van der Waals surface area contributed by atoms with Gasteiger partial charge in [-0.1, -0.05) is 12.1 Å². The molecule has 0 aliphatic carbocycles. The van der Waals surface area contributed by atoms with Crippen molar-refractivity contribution in [2.24, 2.45) is 0 Å². The zero-order valence-corrected chi connectivity index (χ0v) is 10.1. The molecule has 0 spiro atoms. The van der Waals surface area contributed by atoms with Crippen LogP contribution in [0.4, 0.5) is 0 Å². The Morgan fingerprint density at radius 1 is 1.18 bits per heavy atom. The van der Waals surface area contributed by atoms with Crippen molar-refractivity contribution in [1.29, 1.82) is 0 Å². The number of likely N-dealkylation sites (N-methyl/N-ethyl adjacent to an activating group) is 1. The van der Waals surface area contributed by atoms with Crippen LogP contribution in [0.25, 0.3) is 0 Å². The van der Waals surface area contributed by atoms with Gasteiger partial charge in [0, 0.05) is 32.7 Å². The maximum absolute atomic E-state index is 10.2. The number of carbonyl (C=O) groups excluding carboxylic acids is 1. The van der Waals surface area contributed by atoms with Crippen molar-refractivity contribution in [3.05, 3.63) is 29.8 Å². The molecule has 0 unspecified atom stereocenters. The first-order chi connectivity index (χ1) is 8.28. The minimum absolute atomic E-state index is 0.454. The van der Waals surface area contributed by atoms with Crippen LogP contribution in [0.15, 0.2) is 24.3 Å². The maximum atomic E-state index is 10.2. The number of nitrogens with zero attached hydrogens (tertiary/aromatic N) is 2. The third kappa shape index (κ3) is 3.54. The van der Waals surface area contributed by atoms with Crippen LogP contribution < -0.4 is 4.74 Å². The number of carbonyl (C=O) groups is 1. The third-order valence-electron chi connectivity index (χ3n) is 3.11. The molecule has 0 radical (unpaired) electrons. The van der Waals surface area contributed by atoms with E-state index in [2.05, 4.69) is 16.8 Å². The molecule has 0 aromatic heterocycles. The Bertz CT molecular complexity index is 356. The summed E-state index contributed by atoms with van der Waals surface area (Å²) in [6.45, 7) is 5.91. The number of hydrogen-bond acceptors (Lipinski definition) is 4. The lowest BCUT2D eigenvalue weighted by atomic mass is 10.2. The summed E-state index contributed by atoms with van der Waals surface area (Å²) in [5, 5.41) is 0. The fourth-order valence-corrected chi connectivity index (χ4v) is 1.99. The highest BCUT2D eigenvalue weighted by molar-refractivity contribution is 5.45. The van der Waals surface area contributed by atoms with E-state index < -0.39 is 0 Å². The Morgan fingerprint density at radius 3 is 2.41 bits per heavy atom. The van der Waals surface area contributed by atoms with Gasteiger partial charge in [-0.05, 0) is 24.7 Å². The maximum Gasteiger partial charge on any atom is 0.298 e. The van der Waals surface area contributed by atoms with Crippen LogP contribution in [0.2, 0.25) is 0 Å². The summed E-state index contributed by atoms with van der Waals surface area (Å²) in [5.41, 5.74) is 1.26. The highest BCUT2D eigenvalue weighted by Crippen LogP contribution is 2.13. The number of rotatable bonds is 4. The normalized spacial score (nSPS) is 17.9. The van der Waals surface area contributed by atoms with Crippen LogP contribution in [0.5, 0.6) is 5.75 Å². The third-order valence-corrected chi connectivity index (χ3v) is 3.11. The molecule has 4 nitrogen and oxygen atoms in total. The molecule has 1 aromatic rings. The molecule has 0 atom stereocenters. The standard InChI is InChI=1S/C13H18N2O2/c1-14-6-8-15(9-7-14)10-12-2-4-13(5-3-12)17-11-16/h2-5,11H,6-10H2,1H3. The number of piperazine rings is 1. The first kappa shape index (κ1) is 12.1. The molecule has 0 bridgehead atoms. The molecule has 0 N–H and O–H groups in total. The zero-order valence-electron chi connectivity index (χ0n) is 10.1. The van der Waals surface area contributed by atoms with Crippen LogP contribution >= 0.6 is 0 Å². The fourth-order valence-electron chi connectivity index (χ4n) is 1.99. The first-order valence-corrected chi connectivity index (χ1v) is 5.88. The highest BCUT2D eigenvalue weighted by atomic mass is 16.5. The summed E-state index contributed by atoms with van der Waals surface area (Å²) in [7, 11) is 2.16. The lowest BCUT2D eigenvalue weighted by Gasteiger charge is -2.32. The predicted molar refractivity (Wildman–Crippen MR) is 65.9 cm³/mol. The average Bonchev–Trinajstić information content (AvgIpc) is 2.35. The summed E-state index contributed by atoms with van der Waals surface area (Å²) in [4.78, 5) is 15.0. The molecule has 17 heavy (non-hydrogen) atoms. The van der Waals surface area contributed by atoms with Crippen LogP contribution in [-0.2, 0) is 11.3 Å². The van der Waals surface area contributed by atoms with Gasteiger partial charge >= 0.3 is 0 Å². The largest absolute Gasteiger partial charge is 0.429 e. The van der Waals surface area contributed by atoms with Gasteiger partial charge in [0.25, 0.3) is 6.47 Å². The quantitative estimate of drug-likeness (QED) is 0.727. The molecule has 1 fully saturated rings. The van der Waals surface area contributed by atoms with Gasteiger partial charge in [-0.15, -0.1) is 0 Å². The smallest absolute Gasteiger partial charge is 0.298 e. The van der Waals surface area contributed by atoms with Gasteiger partial charge in [-0.25, -0.2) is 0 Å². The summed E-state index contributed by atoms with van der Waals surface area (Å²) >= 11 is 0. The first-order valence-electron chi connectivity index (χ1n) is 5.88. The van der Waals surface area contributed by atoms with Crippen molar-refractivity contribution in [3.8, 4) is 5.75 Å². The van der Waals surface area contributed by atoms with Gasteiger partial charge < -0.3 is 9.64 Å². The van der Waals surface area contributed by atoms with Gasteiger partial charge in [0.15, 0.2) is 0 Å². The van der Waals surface area contributed by atoms with Gasteiger partial charge in [-0.3, -0.25) is 9.69 Å². The predicted octanol–water partition coefficient (Wildman–Crippen LogP) is 0.969. The van der Waals surface area contributed by atoms with Crippen LogP contribution in [0.3, 0.4) is 0 Å². The highest BCUT2D eigenvalue weighted by Gasteiger charge is 2.13. The monoisotopic (exact) mass is 234 g/mol. The van der Waals surface area contributed by atoms with Crippen molar-refractivity contribution in [2.45, 2.75) is 6.54 Å². The summed E-state index contributed by atoms with van der Waals surface area (Å²) < 4.78 is 4.76. The van der Waals surface area contributed by atoms with Crippen LogP contribution in [-0.4, -0.2) is 49.5 Å². The van der Waals surface area contributed by atoms with E-state index in [1.807, 2.05) is 24.3 Å². The van der Waals surface area contributed by atoms with Gasteiger partial charge in [-0.2, -0.15) is 0 Å². The minimum atomic E-state index is 0.454. The van der Waals surface area contributed by atoms with E-state index in [-0.39, 0.29) is 0 Å². The molecule has 0 amide bonds. The fraction of sp³-hybridized carbons (Fsp3) is 0.462. The molecule has 1 aliphatic heterocycles. The van der Waals surface area contributed by atoms with Crippen molar-refractivity contribution >= 4 is 6.47 Å². The molecule has 1 aliphatic rings. The van der Waals surface area contributed by atoms with Crippen LogP contribution in [0.1, 0.15) is 5.56 Å². The van der Waals surface area contributed by atoms with Crippen LogP contribution in [0, 0.1) is 0 Å². The minimum Gasteiger partial charge on any atom is -0.429 e.